The molecule has 3 N–H and O–H groups in total. The van der Waals surface area contributed by atoms with Crippen LogP contribution in [-0.4, -0.2) is 21.7 Å². The average molecular weight is 224 g/mol. The average Bonchev–Trinajstić information content (AvgIpc) is 2.45. The third-order valence-electron chi connectivity index (χ3n) is 2.42. The summed E-state index contributed by atoms with van der Waals surface area (Å²) in [6.45, 7) is 6.20. The van der Waals surface area contributed by atoms with E-state index in [-0.39, 0.29) is 18.5 Å². The molecule has 0 aliphatic rings. The van der Waals surface area contributed by atoms with Crippen molar-refractivity contribution in [1.29, 1.82) is 0 Å². The Labute approximate surface area is 96.0 Å². The molecule has 0 aliphatic carbocycles. The van der Waals surface area contributed by atoms with Gasteiger partial charge in [-0.1, -0.05) is 13.3 Å². The fourth-order valence-corrected chi connectivity index (χ4v) is 1.59. The van der Waals surface area contributed by atoms with Crippen LogP contribution < -0.4 is 11.1 Å². The highest BCUT2D eigenvalue weighted by molar-refractivity contribution is 5.76. The van der Waals surface area contributed by atoms with Gasteiger partial charge in [0.15, 0.2) is 0 Å². The SMILES string of the molecule is CCCC(C)NC(=O)Cn1cc(C)c(N)n1. The van der Waals surface area contributed by atoms with E-state index in [2.05, 4.69) is 17.3 Å². The maximum Gasteiger partial charge on any atom is 0.241 e. The summed E-state index contributed by atoms with van der Waals surface area (Å²) in [7, 11) is 0. The highest BCUT2D eigenvalue weighted by Gasteiger charge is 2.08. The number of aromatic nitrogens is 2. The first-order valence-corrected chi connectivity index (χ1v) is 5.61. The molecule has 0 aromatic carbocycles. The van der Waals surface area contributed by atoms with Gasteiger partial charge in [-0.05, 0) is 20.3 Å². The maximum absolute atomic E-state index is 11.6. The second-order valence-corrected chi connectivity index (χ2v) is 4.15. The van der Waals surface area contributed by atoms with Crippen LogP contribution in [0, 0.1) is 6.92 Å². The van der Waals surface area contributed by atoms with Crippen LogP contribution in [0.15, 0.2) is 6.20 Å². The minimum absolute atomic E-state index is 0.0246. The largest absolute Gasteiger partial charge is 0.382 e. The Morgan fingerprint density at radius 1 is 1.69 bits per heavy atom. The highest BCUT2D eigenvalue weighted by atomic mass is 16.2. The number of nitrogen functional groups attached to an aromatic ring is 1. The quantitative estimate of drug-likeness (QED) is 0.786. The number of nitrogens with zero attached hydrogens (tertiary/aromatic N) is 2. The monoisotopic (exact) mass is 224 g/mol. The Morgan fingerprint density at radius 3 is 2.88 bits per heavy atom. The van der Waals surface area contributed by atoms with Gasteiger partial charge in [0.05, 0.1) is 0 Å². The van der Waals surface area contributed by atoms with Gasteiger partial charge >= 0.3 is 0 Å². The summed E-state index contributed by atoms with van der Waals surface area (Å²) in [5.74, 6) is 0.456. The summed E-state index contributed by atoms with van der Waals surface area (Å²) in [4.78, 5) is 11.6. The lowest BCUT2D eigenvalue weighted by atomic mass is 10.2. The molecule has 1 aromatic heterocycles. The number of rotatable bonds is 5. The van der Waals surface area contributed by atoms with E-state index in [0.717, 1.165) is 18.4 Å². The third kappa shape index (κ3) is 3.56. The lowest BCUT2D eigenvalue weighted by Crippen LogP contribution is -2.35. The van der Waals surface area contributed by atoms with Crippen molar-refractivity contribution in [2.45, 2.75) is 46.2 Å². The molecule has 1 heterocycles. The molecule has 0 fully saturated rings. The highest BCUT2D eigenvalue weighted by Crippen LogP contribution is 2.05. The van der Waals surface area contributed by atoms with E-state index in [4.69, 9.17) is 5.73 Å². The Balaban J connectivity index is 2.45. The standard InChI is InChI=1S/C11H20N4O/c1-4-5-9(3)13-10(16)7-15-6-8(2)11(12)14-15/h6,9H,4-5,7H2,1-3H3,(H2,12,14)(H,13,16). The molecule has 5 nitrogen and oxygen atoms in total. The molecular formula is C11H20N4O. The predicted molar refractivity (Wildman–Crippen MR) is 63.9 cm³/mol. The number of carbonyl (C=O) groups is 1. The summed E-state index contributed by atoms with van der Waals surface area (Å²) in [5, 5.41) is 6.95. The fraction of sp³-hybridized carbons (Fsp3) is 0.636. The van der Waals surface area contributed by atoms with E-state index >= 15 is 0 Å². The predicted octanol–water partition coefficient (Wildman–Crippen LogP) is 1.08. The van der Waals surface area contributed by atoms with Crippen LogP contribution in [0.3, 0.4) is 0 Å². The van der Waals surface area contributed by atoms with E-state index < -0.39 is 0 Å². The summed E-state index contributed by atoms with van der Waals surface area (Å²) in [5.41, 5.74) is 6.50. The molecule has 0 saturated heterocycles. The van der Waals surface area contributed by atoms with Crippen molar-refractivity contribution >= 4 is 11.7 Å². The molecule has 16 heavy (non-hydrogen) atoms. The summed E-state index contributed by atoms with van der Waals surface area (Å²) in [6, 6.07) is 0.214. The van der Waals surface area contributed by atoms with Crippen molar-refractivity contribution in [3.8, 4) is 0 Å². The summed E-state index contributed by atoms with van der Waals surface area (Å²) < 4.78 is 1.57. The van der Waals surface area contributed by atoms with Crippen LogP contribution >= 0.6 is 0 Å². The van der Waals surface area contributed by atoms with Crippen molar-refractivity contribution in [1.82, 2.24) is 15.1 Å². The van der Waals surface area contributed by atoms with Crippen molar-refractivity contribution in [3.05, 3.63) is 11.8 Å². The van der Waals surface area contributed by atoms with Crippen LogP contribution in [0.2, 0.25) is 0 Å². The second kappa shape index (κ2) is 5.53. The smallest absolute Gasteiger partial charge is 0.241 e. The van der Waals surface area contributed by atoms with Gasteiger partial charge in [0.2, 0.25) is 5.91 Å². The zero-order valence-electron chi connectivity index (χ0n) is 10.2. The lowest BCUT2D eigenvalue weighted by molar-refractivity contribution is -0.122. The van der Waals surface area contributed by atoms with E-state index in [1.54, 1.807) is 10.9 Å². The van der Waals surface area contributed by atoms with Gasteiger partial charge in [-0.25, -0.2) is 0 Å². The molecule has 1 unspecified atom stereocenters. The second-order valence-electron chi connectivity index (χ2n) is 4.15. The van der Waals surface area contributed by atoms with Gasteiger partial charge in [0.1, 0.15) is 12.4 Å². The van der Waals surface area contributed by atoms with Gasteiger partial charge in [0.25, 0.3) is 0 Å². The number of nitrogens with two attached hydrogens (primary N) is 1. The Hall–Kier alpha value is -1.52. The lowest BCUT2D eigenvalue weighted by Gasteiger charge is -2.12. The zero-order chi connectivity index (χ0) is 12.1. The summed E-state index contributed by atoms with van der Waals surface area (Å²) in [6.07, 6.45) is 3.83. The van der Waals surface area contributed by atoms with Gasteiger partial charge < -0.3 is 11.1 Å². The summed E-state index contributed by atoms with van der Waals surface area (Å²) >= 11 is 0. The molecule has 1 rings (SSSR count). The number of hydrogen-bond acceptors (Lipinski definition) is 3. The molecule has 0 aliphatic heterocycles. The van der Waals surface area contributed by atoms with Crippen LogP contribution in [-0.2, 0) is 11.3 Å². The molecule has 1 atom stereocenters. The molecule has 0 spiro atoms. The number of carbonyl (C=O) groups excluding carboxylic acids is 1. The number of nitrogens with one attached hydrogen (secondary N) is 1. The number of aryl methyl sites for hydroxylation is 1. The van der Waals surface area contributed by atoms with Crippen LogP contribution in [0.1, 0.15) is 32.3 Å². The minimum Gasteiger partial charge on any atom is -0.382 e. The molecule has 0 saturated carbocycles. The molecular weight excluding hydrogens is 204 g/mol. The Morgan fingerprint density at radius 2 is 2.38 bits per heavy atom. The number of amides is 1. The molecule has 0 bridgehead atoms. The fourth-order valence-electron chi connectivity index (χ4n) is 1.59. The first kappa shape index (κ1) is 12.5. The van der Waals surface area contributed by atoms with Crippen molar-refractivity contribution < 1.29 is 4.79 Å². The van der Waals surface area contributed by atoms with Gasteiger partial charge in [-0.15, -0.1) is 0 Å². The van der Waals surface area contributed by atoms with E-state index in [9.17, 15) is 4.79 Å². The van der Waals surface area contributed by atoms with Crippen molar-refractivity contribution in [2.75, 3.05) is 5.73 Å². The molecule has 90 valence electrons. The van der Waals surface area contributed by atoms with Crippen LogP contribution in [0.25, 0.3) is 0 Å². The Bertz CT molecular complexity index is 339. The van der Waals surface area contributed by atoms with Crippen molar-refractivity contribution in [2.24, 2.45) is 0 Å². The van der Waals surface area contributed by atoms with Gasteiger partial charge in [-0.2, -0.15) is 5.10 Å². The van der Waals surface area contributed by atoms with Crippen LogP contribution in [0.4, 0.5) is 5.82 Å². The zero-order valence-corrected chi connectivity index (χ0v) is 10.2. The van der Waals surface area contributed by atoms with Crippen LogP contribution in [0.5, 0.6) is 0 Å². The molecule has 5 heteroatoms. The first-order chi connectivity index (χ1) is 7.52. The third-order valence-corrected chi connectivity index (χ3v) is 2.42. The van der Waals surface area contributed by atoms with Gasteiger partial charge in [-0.3, -0.25) is 9.48 Å². The van der Waals surface area contributed by atoms with Gasteiger partial charge in [0, 0.05) is 17.8 Å². The van der Waals surface area contributed by atoms with E-state index in [1.807, 2.05) is 13.8 Å². The Kier molecular flexibility index (Phi) is 4.34. The normalized spacial score (nSPS) is 12.4. The van der Waals surface area contributed by atoms with Crippen molar-refractivity contribution in [3.63, 3.8) is 0 Å². The minimum atomic E-state index is -0.0246. The van der Waals surface area contributed by atoms with E-state index in [1.165, 1.54) is 0 Å². The first-order valence-electron chi connectivity index (χ1n) is 5.61. The number of hydrogen-bond donors (Lipinski definition) is 2. The van der Waals surface area contributed by atoms with E-state index in [0.29, 0.717) is 5.82 Å². The number of anilines is 1. The molecule has 1 aromatic rings. The maximum atomic E-state index is 11.6. The molecule has 0 radical (unpaired) electrons. The molecule has 1 amide bonds. The topological polar surface area (TPSA) is 72.9 Å².